The number of ether oxygens (including phenoxy) is 1. The minimum atomic E-state index is 0.316. The summed E-state index contributed by atoms with van der Waals surface area (Å²) >= 11 is 6.14. The van der Waals surface area contributed by atoms with Crippen molar-refractivity contribution in [2.24, 2.45) is 11.3 Å². The molecule has 0 aromatic rings. The molecule has 84 valence electrons. The molecule has 0 spiro atoms. The maximum atomic E-state index is 6.14. The second kappa shape index (κ2) is 5.37. The smallest absolute Gasteiger partial charge is 0.0471 e. The van der Waals surface area contributed by atoms with Crippen molar-refractivity contribution in [3.8, 4) is 0 Å². The van der Waals surface area contributed by atoms with Gasteiger partial charge < -0.3 is 4.74 Å². The highest BCUT2D eigenvalue weighted by molar-refractivity contribution is 6.21. The van der Waals surface area contributed by atoms with E-state index in [-0.39, 0.29) is 0 Å². The Balaban J connectivity index is 1.99. The van der Waals surface area contributed by atoms with Crippen LogP contribution < -0.4 is 0 Å². The third-order valence-electron chi connectivity index (χ3n) is 3.32. The first kappa shape index (κ1) is 12.3. The second-order valence-electron chi connectivity index (χ2n) is 5.02. The van der Waals surface area contributed by atoms with E-state index in [1.165, 1.54) is 19.3 Å². The molecule has 1 aliphatic carbocycles. The van der Waals surface area contributed by atoms with E-state index < -0.39 is 0 Å². The van der Waals surface area contributed by atoms with Gasteiger partial charge in [-0.1, -0.05) is 13.8 Å². The van der Waals surface area contributed by atoms with Crippen LogP contribution in [0.5, 0.6) is 0 Å². The number of halogens is 1. The highest BCUT2D eigenvalue weighted by Crippen LogP contribution is 2.53. The molecule has 0 amide bonds. The lowest BCUT2D eigenvalue weighted by Crippen LogP contribution is -2.15. The summed E-state index contributed by atoms with van der Waals surface area (Å²) in [5.41, 5.74) is 0.430. The summed E-state index contributed by atoms with van der Waals surface area (Å²) in [6.45, 7) is 8.37. The van der Waals surface area contributed by atoms with Crippen molar-refractivity contribution in [1.82, 2.24) is 0 Å². The van der Waals surface area contributed by atoms with Crippen LogP contribution in [-0.4, -0.2) is 18.6 Å². The topological polar surface area (TPSA) is 9.23 Å². The Kier molecular flexibility index (Phi) is 4.72. The zero-order valence-electron chi connectivity index (χ0n) is 9.68. The van der Waals surface area contributed by atoms with Crippen LogP contribution >= 0.6 is 11.6 Å². The van der Waals surface area contributed by atoms with Gasteiger partial charge in [-0.15, -0.1) is 11.6 Å². The van der Waals surface area contributed by atoms with Gasteiger partial charge in [-0.2, -0.15) is 0 Å². The maximum Gasteiger partial charge on any atom is 0.0471 e. The minimum absolute atomic E-state index is 0.316. The van der Waals surface area contributed by atoms with Crippen molar-refractivity contribution in [2.45, 2.75) is 51.8 Å². The summed E-state index contributed by atoms with van der Waals surface area (Å²) < 4.78 is 5.61. The molecule has 0 aliphatic heterocycles. The Morgan fingerprint density at radius 2 is 1.86 bits per heavy atom. The standard InChI is InChI=1S/C12H23ClO/c1-10(2)4-8-14-9-7-12(5-6-12)11(3)13/h10-11H,4-9H2,1-3H3. The van der Waals surface area contributed by atoms with E-state index in [9.17, 15) is 0 Å². The Hall–Kier alpha value is 0.250. The summed E-state index contributed by atoms with van der Waals surface area (Å²) in [7, 11) is 0. The van der Waals surface area contributed by atoms with E-state index in [0.717, 1.165) is 25.6 Å². The van der Waals surface area contributed by atoms with Gasteiger partial charge in [-0.25, -0.2) is 0 Å². The number of hydrogen-bond acceptors (Lipinski definition) is 1. The van der Waals surface area contributed by atoms with Crippen molar-refractivity contribution in [3.05, 3.63) is 0 Å². The molecule has 1 aliphatic rings. The second-order valence-corrected chi connectivity index (χ2v) is 5.68. The predicted octanol–water partition coefficient (Wildman–Crippen LogP) is 3.85. The molecular formula is C12H23ClO. The third-order valence-corrected chi connectivity index (χ3v) is 3.78. The Morgan fingerprint density at radius 3 is 2.29 bits per heavy atom. The molecule has 1 atom stereocenters. The van der Waals surface area contributed by atoms with E-state index in [0.29, 0.717) is 10.8 Å². The summed E-state index contributed by atoms with van der Waals surface area (Å²) in [4.78, 5) is 0. The Labute approximate surface area is 93.2 Å². The zero-order valence-corrected chi connectivity index (χ0v) is 10.4. The van der Waals surface area contributed by atoms with Crippen LogP contribution in [0.15, 0.2) is 0 Å². The van der Waals surface area contributed by atoms with Crippen molar-refractivity contribution in [3.63, 3.8) is 0 Å². The highest BCUT2D eigenvalue weighted by Gasteiger charge is 2.45. The lowest BCUT2D eigenvalue weighted by molar-refractivity contribution is 0.107. The van der Waals surface area contributed by atoms with E-state index >= 15 is 0 Å². The van der Waals surface area contributed by atoms with Gasteiger partial charge in [0.25, 0.3) is 0 Å². The van der Waals surface area contributed by atoms with Crippen LogP contribution in [-0.2, 0) is 4.74 Å². The largest absolute Gasteiger partial charge is 0.381 e. The highest BCUT2D eigenvalue weighted by atomic mass is 35.5. The van der Waals surface area contributed by atoms with Crippen LogP contribution in [0.4, 0.5) is 0 Å². The molecule has 1 saturated carbocycles. The van der Waals surface area contributed by atoms with E-state index in [1.54, 1.807) is 0 Å². The van der Waals surface area contributed by atoms with Gasteiger partial charge in [0.2, 0.25) is 0 Å². The van der Waals surface area contributed by atoms with Gasteiger partial charge in [0, 0.05) is 18.6 Å². The van der Waals surface area contributed by atoms with Crippen molar-refractivity contribution in [2.75, 3.05) is 13.2 Å². The molecular weight excluding hydrogens is 196 g/mol. The fourth-order valence-corrected chi connectivity index (χ4v) is 2.03. The number of alkyl halides is 1. The first-order valence-corrected chi connectivity index (χ1v) is 6.22. The number of rotatable bonds is 7. The van der Waals surface area contributed by atoms with Crippen molar-refractivity contribution in [1.29, 1.82) is 0 Å². The SMILES string of the molecule is CC(C)CCOCCC1(C(C)Cl)CC1. The van der Waals surface area contributed by atoms with Gasteiger partial charge in [0.15, 0.2) is 0 Å². The normalized spacial score (nSPS) is 21.2. The summed E-state index contributed by atoms with van der Waals surface area (Å²) in [6, 6.07) is 0. The third kappa shape index (κ3) is 3.78. The Morgan fingerprint density at radius 1 is 1.21 bits per heavy atom. The lowest BCUT2D eigenvalue weighted by atomic mass is 9.99. The van der Waals surface area contributed by atoms with Gasteiger partial charge in [0.05, 0.1) is 0 Å². The van der Waals surface area contributed by atoms with Gasteiger partial charge in [-0.05, 0) is 43.9 Å². The van der Waals surface area contributed by atoms with E-state index in [2.05, 4.69) is 20.8 Å². The lowest BCUT2D eigenvalue weighted by Gasteiger charge is -2.17. The summed E-state index contributed by atoms with van der Waals surface area (Å²) in [6.07, 6.45) is 4.91. The van der Waals surface area contributed by atoms with Crippen molar-refractivity contribution < 1.29 is 4.74 Å². The van der Waals surface area contributed by atoms with Crippen molar-refractivity contribution >= 4 is 11.6 Å². The average Bonchev–Trinajstić information content (AvgIpc) is 2.84. The predicted molar refractivity (Wildman–Crippen MR) is 61.9 cm³/mol. The minimum Gasteiger partial charge on any atom is -0.381 e. The Bertz CT molecular complexity index is 162. The van der Waals surface area contributed by atoms with Gasteiger partial charge >= 0.3 is 0 Å². The molecule has 1 fully saturated rings. The molecule has 0 radical (unpaired) electrons. The fourth-order valence-electron chi connectivity index (χ4n) is 1.70. The van der Waals surface area contributed by atoms with Gasteiger partial charge in [0.1, 0.15) is 0 Å². The molecule has 0 heterocycles. The zero-order chi connectivity index (χ0) is 10.6. The van der Waals surface area contributed by atoms with E-state index in [1.807, 2.05) is 0 Å². The summed E-state index contributed by atoms with van der Waals surface area (Å²) in [5.74, 6) is 0.747. The van der Waals surface area contributed by atoms with Crippen LogP contribution in [0.3, 0.4) is 0 Å². The molecule has 0 aromatic carbocycles. The van der Waals surface area contributed by atoms with Gasteiger partial charge in [-0.3, -0.25) is 0 Å². The first-order valence-electron chi connectivity index (χ1n) is 5.79. The molecule has 1 rings (SSSR count). The molecule has 1 nitrogen and oxygen atoms in total. The monoisotopic (exact) mass is 218 g/mol. The molecule has 14 heavy (non-hydrogen) atoms. The van der Waals surface area contributed by atoms with E-state index in [4.69, 9.17) is 16.3 Å². The van der Waals surface area contributed by atoms with Crippen LogP contribution in [0.25, 0.3) is 0 Å². The molecule has 2 heteroatoms. The number of hydrogen-bond donors (Lipinski definition) is 0. The molecule has 0 aromatic heterocycles. The average molecular weight is 219 g/mol. The molecule has 0 bridgehead atoms. The fraction of sp³-hybridized carbons (Fsp3) is 1.00. The maximum absolute atomic E-state index is 6.14. The summed E-state index contributed by atoms with van der Waals surface area (Å²) in [5, 5.41) is 0.316. The molecule has 1 unspecified atom stereocenters. The van der Waals surface area contributed by atoms with Crippen LogP contribution in [0, 0.1) is 11.3 Å². The molecule has 0 N–H and O–H groups in total. The quantitative estimate of drug-likeness (QED) is 0.466. The molecule has 0 saturated heterocycles. The van der Waals surface area contributed by atoms with Crippen LogP contribution in [0.2, 0.25) is 0 Å². The first-order chi connectivity index (χ1) is 6.57. The van der Waals surface area contributed by atoms with Crippen LogP contribution in [0.1, 0.15) is 46.5 Å².